The molecule has 2 aliphatic heterocycles. The molecule has 2 fully saturated rings. The van der Waals surface area contributed by atoms with Crippen LogP contribution in [0.25, 0.3) is 0 Å². The van der Waals surface area contributed by atoms with Crippen molar-refractivity contribution in [2.24, 2.45) is 45.9 Å². The van der Waals surface area contributed by atoms with Gasteiger partial charge in [0, 0.05) is 52.5 Å². The number of aliphatic carboxylic acids is 1. The molecule has 0 spiro atoms. The molecule has 1 aromatic carbocycles. The number of likely N-dealkylation sites (N-methyl/N-ethyl adjacent to an activating group) is 1. The largest absolute Gasteiger partial charge is 0.481 e. The number of amides is 10. The molecule has 0 aromatic heterocycles. The Morgan fingerprint density at radius 2 is 1.26 bits per heavy atom. The lowest BCUT2D eigenvalue weighted by Gasteiger charge is -2.35. The van der Waals surface area contributed by atoms with E-state index in [-0.39, 0.29) is 88.3 Å². The number of nitrogens with one attached hydrogen (secondary N) is 6. The summed E-state index contributed by atoms with van der Waals surface area (Å²) >= 11 is 0. The van der Waals surface area contributed by atoms with Gasteiger partial charge < -0.3 is 78.9 Å². The number of hydrogen-bond donors (Lipinski definition) is 11. The lowest BCUT2D eigenvalue weighted by atomic mass is 9.95. The SMILES string of the molecule is CCCCCCCC(=O)N1CCC[C@H](C(=O)N[C@@H](Cc2ccccc2)C(=O)N[C@@H](CCCN(C)C)C(=O)N[C@@H](CC(C)C)C(=O)N2C[C@H](O)C[C@H]2C(=O)N(C)[C@@H](CC(C)C)C(=O)N[C@@H](CC(=O)O)C(=O)N[C@@H](CCCN=C(N)N)C(=O)N[C@H](C(N)=O)[C@@H](C)CC)C1. The smallest absolute Gasteiger partial charge is 0.305 e. The third-order valence-corrected chi connectivity index (χ3v) is 16.7. The quantitative estimate of drug-likeness (QED) is 0.0248. The number of likely N-dealkylation sites (tertiary alicyclic amines) is 2. The molecule has 1 aromatic rings. The Labute approximate surface area is 537 Å². The zero-order chi connectivity index (χ0) is 68.1. The van der Waals surface area contributed by atoms with Crippen LogP contribution in [-0.4, -0.2) is 209 Å². The zero-order valence-electron chi connectivity index (χ0n) is 55.5. The lowest BCUT2D eigenvalue weighted by molar-refractivity contribution is -0.149. The van der Waals surface area contributed by atoms with Gasteiger partial charge in [-0.25, -0.2) is 0 Å². The van der Waals surface area contributed by atoms with E-state index < -0.39 is 132 Å². The summed E-state index contributed by atoms with van der Waals surface area (Å²) in [6.07, 6.45) is 5.25. The molecule has 10 amide bonds. The summed E-state index contributed by atoms with van der Waals surface area (Å²) in [6.45, 7) is 13.8. The Bertz CT molecular complexity index is 2590. The Kier molecular flexibility index (Phi) is 34.0. The van der Waals surface area contributed by atoms with Crippen molar-refractivity contribution < 1.29 is 63.0 Å². The highest BCUT2D eigenvalue weighted by molar-refractivity contribution is 5.99. The number of β-amino-alcohol motifs (C(OH)–C–C–N with tert-alkyl or cyclic N) is 1. The predicted octanol–water partition coefficient (Wildman–Crippen LogP) is 1.02. The van der Waals surface area contributed by atoms with Gasteiger partial charge in [0.15, 0.2) is 5.96 Å². The molecule has 2 aliphatic rings. The van der Waals surface area contributed by atoms with Crippen LogP contribution >= 0.6 is 0 Å². The van der Waals surface area contributed by atoms with Gasteiger partial charge in [0.1, 0.15) is 48.3 Å². The molecule has 0 bridgehead atoms. The Morgan fingerprint density at radius 1 is 0.681 bits per heavy atom. The van der Waals surface area contributed by atoms with E-state index >= 15 is 0 Å². The second-order valence-electron chi connectivity index (χ2n) is 25.7. The molecule has 3 rings (SSSR count). The van der Waals surface area contributed by atoms with Crippen LogP contribution in [0.15, 0.2) is 35.3 Å². The number of carboxylic acid groups (broad SMARTS) is 1. The topological polar surface area (TPSA) is 404 Å². The van der Waals surface area contributed by atoms with E-state index in [2.05, 4.69) is 43.8 Å². The molecule has 0 radical (unpaired) electrons. The number of unbranched alkanes of at least 4 members (excludes halogenated alkanes) is 4. The Hall–Kier alpha value is -7.42. The third-order valence-electron chi connectivity index (χ3n) is 16.7. The highest BCUT2D eigenvalue weighted by Crippen LogP contribution is 2.26. The first-order valence-corrected chi connectivity index (χ1v) is 32.6. The summed E-state index contributed by atoms with van der Waals surface area (Å²) in [5.74, 6) is -10.1. The first kappa shape index (κ1) is 77.8. The van der Waals surface area contributed by atoms with Gasteiger partial charge in [-0.1, -0.05) is 111 Å². The average molecular weight is 1280 g/mol. The van der Waals surface area contributed by atoms with Crippen LogP contribution in [0.3, 0.4) is 0 Å². The van der Waals surface area contributed by atoms with Crippen molar-refractivity contribution >= 4 is 71.0 Å². The van der Waals surface area contributed by atoms with Crippen molar-refractivity contribution in [2.75, 3.05) is 53.9 Å². The maximum Gasteiger partial charge on any atom is 0.305 e. The van der Waals surface area contributed by atoms with Crippen molar-refractivity contribution in [1.29, 1.82) is 0 Å². The monoisotopic (exact) mass is 1280 g/mol. The van der Waals surface area contributed by atoms with Gasteiger partial charge in [-0.15, -0.1) is 0 Å². The number of carbonyl (C=O) groups excluding carboxylic acids is 10. The van der Waals surface area contributed by atoms with E-state index in [4.69, 9.17) is 17.2 Å². The first-order chi connectivity index (χ1) is 43.0. The van der Waals surface area contributed by atoms with Crippen LogP contribution in [0.2, 0.25) is 0 Å². The number of guanidine groups is 1. The van der Waals surface area contributed by atoms with E-state index in [1.807, 2.05) is 63.2 Å². The summed E-state index contributed by atoms with van der Waals surface area (Å²) in [5, 5.41) is 37.5. The zero-order valence-corrected chi connectivity index (χ0v) is 55.5. The van der Waals surface area contributed by atoms with E-state index in [0.717, 1.165) is 47.5 Å². The van der Waals surface area contributed by atoms with E-state index in [0.29, 0.717) is 45.2 Å². The van der Waals surface area contributed by atoms with Crippen LogP contribution in [-0.2, 0) is 59.2 Å². The van der Waals surface area contributed by atoms with E-state index in [1.54, 1.807) is 32.6 Å². The number of carbonyl (C=O) groups is 11. The highest BCUT2D eigenvalue weighted by Gasteiger charge is 2.45. The van der Waals surface area contributed by atoms with Crippen molar-refractivity contribution in [2.45, 2.75) is 218 Å². The van der Waals surface area contributed by atoms with Crippen molar-refractivity contribution in [3.63, 3.8) is 0 Å². The summed E-state index contributed by atoms with van der Waals surface area (Å²) in [4.78, 5) is 163. The molecule has 2 saturated heterocycles. The van der Waals surface area contributed by atoms with Crippen molar-refractivity contribution in [1.82, 2.24) is 51.5 Å². The fourth-order valence-corrected chi connectivity index (χ4v) is 11.4. The first-order valence-electron chi connectivity index (χ1n) is 32.6. The highest BCUT2D eigenvalue weighted by atomic mass is 16.4. The fourth-order valence-electron chi connectivity index (χ4n) is 11.4. The number of aliphatic imine (C=N–C) groups is 1. The van der Waals surface area contributed by atoms with Crippen LogP contribution in [0.5, 0.6) is 0 Å². The van der Waals surface area contributed by atoms with Crippen LogP contribution in [0.1, 0.15) is 163 Å². The van der Waals surface area contributed by atoms with Crippen LogP contribution in [0, 0.1) is 23.7 Å². The Morgan fingerprint density at radius 3 is 1.85 bits per heavy atom. The summed E-state index contributed by atoms with van der Waals surface area (Å²) < 4.78 is 0. The summed E-state index contributed by atoms with van der Waals surface area (Å²) in [7, 11) is 5.02. The third kappa shape index (κ3) is 27.1. The minimum atomic E-state index is -1.81. The van der Waals surface area contributed by atoms with E-state index in [1.165, 1.54) is 7.05 Å². The number of aliphatic hydroxyl groups excluding tert-OH is 1. The lowest BCUT2D eigenvalue weighted by Crippen LogP contribution is -2.61. The Balaban J connectivity index is 1.93. The molecule has 0 saturated carbocycles. The maximum absolute atomic E-state index is 15.0. The molecule has 512 valence electrons. The van der Waals surface area contributed by atoms with Gasteiger partial charge in [-0.2, -0.15) is 0 Å². The number of primary amides is 1. The minimum Gasteiger partial charge on any atom is -0.481 e. The van der Waals surface area contributed by atoms with Crippen molar-refractivity contribution in [3.8, 4) is 0 Å². The molecule has 0 aliphatic carbocycles. The molecule has 91 heavy (non-hydrogen) atoms. The number of nitrogens with zero attached hydrogens (tertiary/aromatic N) is 5. The molecular weight excluding hydrogens is 1170 g/mol. The number of piperidine rings is 1. The number of carboxylic acids is 1. The predicted molar refractivity (Wildman–Crippen MR) is 345 cm³/mol. The second kappa shape index (κ2) is 39.8. The molecule has 0 unspecified atom stereocenters. The molecule has 11 atom stereocenters. The average Bonchev–Trinajstić information content (AvgIpc) is 1.75. The number of rotatable bonds is 40. The van der Waals surface area contributed by atoms with Gasteiger partial charge in [0.2, 0.25) is 59.1 Å². The summed E-state index contributed by atoms with van der Waals surface area (Å²) in [5.41, 5.74) is 17.3. The maximum atomic E-state index is 15.0. The number of nitrogens with two attached hydrogens (primary N) is 3. The standard InChI is InChI=1S/C64H108N14O13/c1-11-13-14-15-19-28-52(80)77-31-21-25-43(37-77)56(84)71-47(34-42-23-17-16-18-24-42)59(87)70-46(27-22-30-75(8)9)57(85)73-49(32-39(3)4)62(90)78-38-44(79)35-51(78)63(91)76(10)50(33-40(5)6)61(89)72-48(36-53(81)82)60(88)69-45(26-20-29-68-64(66)67)58(86)74-54(55(65)83)41(7)12-2/h16-18,23-24,39-41,43-51,54,79H,11-15,19-22,25-38H2,1-10H3,(H2,65,83)(H,69,88)(H,70,87)(H,71,84)(H,72,89)(H,73,85)(H,74,86)(H,81,82)(H4,66,67,68)/t41-,43-,44+,45-,46-,47-,48-,49-,50-,51-,54-/m0/s1. The second-order valence-corrected chi connectivity index (χ2v) is 25.7. The molecular formula is C64H108N14O13. The number of hydrogen-bond acceptors (Lipinski definition) is 14. The van der Waals surface area contributed by atoms with E-state index in [9.17, 15) is 63.0 Å². The van der Waals surface area contributed by atoms with Gasteiger partial charge in [0.05, 0.1) is 18.4 Å². The van der Waals surface area contributed by atoms with Gasteiger partial charge >= 0.3 is 5.97 Å². The van der Waals surface area contributed by atoms with Crippen molar-refractivity contribution in [3.05, 3.63) is 35.9 Å². The molecule has 2 heterocycles. The normalized spacial score (nSPS) is 18.3. The van der Waals surface area contributed by atoms with Gasteiger partial charge in [0.25, 0.3) is 0 Å². The molecule has 27 nitrogen and oxygen atoms in total. The minimum absolute atomic E-state index is 0.0000325. The summed E-state index contributed by atoms with van der Waals surface area (Å²) in [6, 6.07) is -1.65. The van der Waals surface area contributed by atoms with Crippen LogP contribution in [0.4, 0.5) is 0 Å². The molecule has 27 heteroatoms. The molecule has 14 N–H and O–H groups in total. The fraction of sp³-hybridized carbons (Fsp3) is 0.719. The van der Waals surface area contributed by atoms with Gasteiger partial charge in [-0.3, -0.25) is 57.7 Å². The number of benzene rings is 1. The number of aliphatic hydroxyl groups is 1. The van der Waals surface area contributed by atoms with Gasteiger partial charge in [-0.05, 0) is 102 Å². The van der Waals surface area contributed by atoms with Crippen LogP contribution < -0.4 is 49.1 Å².